The highest BCUT2D eigenvalue weighted by Gasteiger charge is 2.05. The minimum Gasteiger partial charge on any atom is -0.494 e. The highest BCUT2D eigenvalue weighted by atomic mass is 16.5. The molecule has 0 atom stereocenters. The highest BCUT2D eigenvalue weighted by molar-refractivity contribution is 5.99. The molecule has 0 heterocycles. The number of unbranched alkanes of at least 4 members (excludes halogenated alkanes) is 6. The monoisotopic (exact) mass is 466 g/mol. The number of esters is 2. The third-order valence-electron chi connectivity index (χ3n) is 4.87. The average Bonchev–Trinajstić information content (AvgIpc) is 2.84. The van der Waals surface area contributed by atoms with Gasteiger partial charge >= 0.3 is 11.9 Å². The second kappa shape index (κ2) is 16.2. The van der Waals surface area contributed by atoms with Crippen molar-refractivity contribution in [3.8, 4) is 34.8 Å². The van der Waals surface area contributed by atoms with Gasteiger partial charge in [0, 0.05) is 11.8 Å². The molecule has 6 nitrogen and oxygen atoms in total. The number of hydrogen-bond donors (Lipinski definition) is 0. The van der Waals surface area contributed by atoms with Crippen LogP contribution in [0.1, 0.15) is 65.2 Å². The number of carbonyl (C=O) groups is 2. The Morgan fingerprint density at radius 1 is 0.559 bits per heavy atom. The van der Waals surface area contributed by atoms with Crippen LogP contribution in [-0.4, -0.2) is 25.2 Å². The van der Waals surface area contributed by atoms with Crippen molar-refractivity contribution in [1.82, 2.24) is 0 Å². The van der Waals surface area contributed by atoms with Gasteiger partial charge in [-0.3, -0.25) is 0 Å². The summed E-state index contributed by atoms with van der Waals surface area (Å²) in [4.78, 5) is 23.8. The molecule has 2 aromatic carbocycles. The summed E-state index contributed by atoms with van der Waals surface area (Å²) in [5.74, 6) is 4.61. The van der Waals surface area contributed by atoms with Crippen LogP contribution in [0.2, 0.25) is 0 Å². The van der Waals surface area contributed by atoms with Crippen molar-refractivity contribution in [2.75, 3.05) is 13.2 Å². The summed E-state index contributed by atoms with van der Waals surface area (Å²) in [5, 5.41) is 0. The van der Waals surface area contributed by atoms with E-state index in [1.165, 1.54) is 25.7 Å². The Balaban J connectivity index is 1.71. The van der Waals surface area contributed by atoms with Crippen LogP contribution in [-0.2, 0) is 9.59 Å². The molecule has 34 heavy (non-hydrogen) atoms. The van der Waals surface area contributed by atoms with Gasteiger partial charge in [0.25, 0.3) is 0 Å². The molecule has 0 radical (unpaired) electrons. The number of benzene rings is 2. The van der Waals surface area contributed by atoms with E-state index >= 15 is 0 Å². The van der Waals surface area contributed by atoms with Crippen LogP contribution in [0.15, 0.2) is 48.5 Å². The first-order valence-electron chi connectivity index (χ1n) is 12.0. The van der Waals surface area contributed by atoms with Gasteiger partial charge in [0.15, 0.2) is 0 Å². The number of carbonyl (C=O) groups excluding carboxylic acids is 2. The summed E-state index contributed by atoms with van der Waals surface area (Å²) < 4.78 is 21.5. The predicted octanol–water partition coefficient (Wildman–Crippen LogP) is 6.12. The maximum Gasteiger partial charge on any atom is 0.390 e. The molecular weight excluding hydrogens is 432 g/mol. The molecule has 0 N–H and O–H groups in total. The molecule has 0 saturated carbocycles. The number of rotatable bonds is 14. The first-order valence-corrected chi connectivity index (χ1v) is 12.0. The summed E-state index contributed by atoms with van der Waals surface area (Å²) in [6, 6.07) is 13.4. The average molecular weight is 467 g/mol. The van der Waals surface area contributed by atoms with Gasteiger partial charge in [-0.05, 0) is 61.4 Å². The Hall–Kier alpha value is -3.46. The zero-order chi connectivity index (χ0) is 24.4. The standard InChI is InChI=1S/C28H34O6/c1-3-5-7-9-21-31-23-11-15-25(16-12-23)33-27(29)19-20-28(30)34-26-17-13-24(14-18-26)32-22-10-8-6-4-2/h11-18H,3-10,21-22H2,1-2H3. The Labute approximate surface area is 202 Å². The third-order valence-corrected chi connectivity index (χ3v) is 4.87. The van der Waals surface area contributed by atoms with E-state index in [9.17, 15) is 9.59 Å². The fraction of sp³-hybridized carbons (Fsp3) is 0.429. The van der Waals surface area contributed by atoms with E-state index in [0.717, 1.165) is 25.7 Å². The molecule has 2 rings (SSSR count). The molecule has 0 unspecified atom stereocenters. The largest absolute Gasteiger partial charge is 0.494 e. The third kappa shape index (κ3) is 11.4. The molecule has 0 aliphatic carbocycles. The van der Waals surface area contributed by atoms with Crippen molar-refractivity contribution in [1.29, 1.82) is 0 Å². The van der Waals surface area contributed by atoms with Crippen molar-refractivity contribution in [2.45, 2.75) is 65.2 Å². The molecule has 0 saturated heterocycles. The van der Waals surface area contributed by atoms with E-state index in [1.54, 1.807) is 48.5 Å². The van der Waals surface area contributed by atoms with Crippen molar-refractivity contribution in [3.05, 3.63) is 48.5 Å². The van der Waals surface area contributed by atoms with E-state index in [0.29, 0.717) is 36.2 Å². The highest BCUT2D eigenvalue weighted by Crippen LogP contribution is 2.19. The molecule has 0 bridgehead atoms. The van der Waals surface area contributed by atoms with Crippen LogP contribution in [0, 0.1) is 11.8 Å². The van der Waals surface area contributed by atoms with Gasteiger partial charge in [-0.25, -0.2) is 9.59 Å². The minimum absolute atomic E-state index is 0.316. The Morgan fingerprint density at radius 2 is 0.912 bits per heavy atom. The topological polar surface area (TPSA) is 71.1 Å². The quantitative estimate of drug-likeness (QED) is 0.110. The van der Waals surface area contributed by atoms with Gasteiger partial charge < -0.3 is 18.9 Å². The Bertz CT molecular complexity index is 847. The number of hydrogen-bond acceptors (Lipinski definition) is 6. The van der Waals surface area contributed by atoms with Crippen molar-refractivity contribution in [2.24, 2.45) is 0 Å². The molecule has 0 aliphatic rings. The van der Waals surface area contributed by atoms with Crippen molar-refractivity contribution in [3.63, 3.8) is 0 Å². The normalized spacial score (nSPS) is 10.1. The van der Waals surface area contributed by atoms with Gasteiger partial charge in [-0.1, -0.05) is 52.4 Å². The van der Waals surface area contributed by atoms with Gasteiger partial charge in [-0.2, -0.15) is 0 Å². The maximum absolute atomic E-state index is 11.9. The maximum atomic E-state index is 11.9. The van der Waals surface area contributed by atoms with Crippen molar-refractivity contribution < 1.29 is 28.5 Å². The molecule has 0 aromatic heterocycles. The van der Waals surface area contributed by atoms with E-state index in [4.69, 9.17) is 18.9 Å². The Morgan fingerprint density at radius 3 is 1.26 bits per heavy atom. The predicted molar refractivity (Wildman–Crippen MR) is 131 cm³/mol. The van der Waals surface area contributed by atoms with E-state index in [1.807, 2.05) is 0 Å². The lowest BCUT2D eigenvalue weighted by Crippen LogP contribution is -2.08. The van der Waals surface area contributed by atoms with E-state index in [2.05, 4.69) is 25.7 Å². The Kier molecular flexibility index (Phi) is 12.8. The van der Waals surface area contributed by atoms with Crippen LogP contribution < -0.4 is 18.9 Å². The fourth-order valence-corrected chi connectivity index (χ4v) is 3.01. The molecule has 0 spiro atoms. The summed E-state index contributed by atoms with van der Waals surface area (Å²) in [6.45, 7) is 5.64. The van der Waals surface area contributed by atoms with E-state index in [-0.39, 0.29) is 0 Å². The molecule has 0 amide bonds. The zero-order valence-corrected chi connectivity index (χ0v) is 20.1. The van der Waals surface area contributed by atoms with Crippen LogP contribution in [0.25, 0.3) is 0 Å². The molecule has 6 heteroatoms. The molecule has 2 aromatic rings. The lowest BCUT2D eigenvalue weighted by Gasteiger charge is -2.07. The van der Waals surface area contributed by atoms with Crippen LogP contribution in [0.3, 0.4) is 0 Å². The van der Waals surface area contributed by atoms with E-state index < -0.39 is 11.9 Å². The number of ether oxygens (including phenoxy) is 4. The fourth-order valence-electron chi connectivity index (χ4n) is 3.01. The molecular formula is C28H34O6. The zero-order valence-electron chi connectivity index (χ0n) is 20.1. The summed E-state index contributed by atoms with van der Waals surface area (Å²) in [7, 11) is 0. The summed E-state index contributed by atoms with van der Waals surface area (Å²) in [5.41, 5.74) is 0. The van der Waals surface area contributed by atoms with Gasteiger partial charge in [-0.15, -0.1) is 0 Å². The molecule has 182 valence electrons. The van der Waals surface area contributed by atoms with Gasteiger partial charge in [0.05, 0.1) is 13.2 Å². The summed E-state index contributed by atoms with van der Waals surface area (Å²) >= 11 is 0. The van der Waals surface area contributed by atoms with Crippen molar-refractivity contribution >= 4 is 11.9 Å². The lowest BCUT2D eigenvalue weighted by atomic mass is 10.2. The SMILES string of the molecule is CCCCCCOc1ccc(OC(=O)C#CC(=O)Oc2ccc(OCCCCCC)cc2)cc1. The van der Waals surface area contributed by atoms with Crippen LogP contribution in [0.4, 0.5) is 0 Å². The first-order chi connectivity index (χ1) is 16.6. The van der Waals surface area contributed by atoms with Crippen LogP contribution >= 0.6 is 0 Å². The lowest BCUT2D eigenvalue weighted by molar-refractivity contribution is -0.130. The van der Waals surface area contributed by atoms with Gasteiger partial charge in [0.1, 0.15) is 23.0 Å². The smallest absolute Gasteiger partial charge is 0.390 e. The molecule has 0 fully saturated rings. The summed E-state index contributed by atoms with van der Waals surface area (Å²) in [6.07, 6.45) is 9.07. The molecule has 0 aliphatic heterocycles. The minimum atomic E-state index is -0.850. The second-order valence-electron chi connectivity index (χ2n) is 7.79. The van der Waals surface area contributed by atoms with Gasteiger partial charge in [0.2, 0.25) is 0 Å². The van der Waals surface area contributed by atoms with Crippen LogP contribution in [0.5, 0.6) is 23.0 Å². The second-order valence-corrected chi connectivity index (χ2v) is 7.79. The first kappa shape index (κ1) is 26.8.